The van der Waals surface area contributed by atoms with E-state index in [0.717, 1.165) is 44.3 Å². The average Bonchev–Trinajstić information content (AvgIpc) is 2.96. The van der Waals surface area contributed by atoms with Crippen molar-refractivity contribution in [1.82, 2.24) is 15.2 Å². The van der Waals surface area contributed by atoms with Crippen molar-refractivity contribution in [2.75, 3.05) is 43.6 Å². The van der Waals surface area contributed by atoms with Crippen LogP contribution in [0.5, 0.6) is 0 Å². The zero-order valence-electron chi connectivity index (χ0n) is 23.9. The first-order valence-electron chi connectivity index (χ1n) is 14.3. The highest BCUT2D eigenvalue weighted by Crippen LogP contribution is 2.34. The number of nitrogens with one attached hydrogen (secondary N) is 1. The molecule has 1 atom stereocenters. The molecule has 7 nitrogen and oxygen atoms in total. The van der Waals surface area contributed by atoms with E-state index in [1.54, 1.807) is 18.5 Å². The summed E-state index contributed by atoms with van der Waals surface area (Å²) < 4.78 is 5.46. The zero-order valence-corrected chi connectivity index (χ0v) is 24.7. The number of alkyl halides is 1. The quantitative estimate of drug-likeness (QED) is 0.385. The third kappa shape index (κ3) is 7.84. The molecule has 1 N–H and O–H groups in total. The van der Waals surface area contributed by atoms with Crippen LogP contribution in [0.4, 0.5) is 5.69 Å². The first-order chi connectivity index (χ1) is 19.3. The minimum absolute atomic E-state index is 0.0874. The summed E-state index contributed by atoms with van der Waals surface area (Å²) in [6, 6.07) is 8.73. The van der Waals surface area contributed by atoms with Gasteiger partial charge in [-0.05, 0) is 42.0 Å². The number of morpholine rings is 1. The highest BCUT2D eigenvalue weighted by molar-refractivity contribution is 6.30. The molecule has 1 aliphatic carbocycles. The van der Waals surface area contributed by atoms with Crippen LogP contribution in [0.15, 0.2) is 42.7 Å². The second-order valence-electron chi connectivity index (χ2n) is 11.6. The summed E-state index contributed by atoms with van der Waals surface area (Å²) in [4.78, 5) is 35.6. The predicted molar refractivity (Wildman–Crippen MR) is 159 cm³/mol. The average molecular weight is 565 g/mol. The number of benzene rings is 1. The van der Waals surface area contributed by atoms with E-state index in [1.807, 2.05) is 24.3 Å². The molecule has 0 spiro atoms. The Labute approximate surface area is 243 Å². The molecule has 2 aromatic rings. The van der Waals surface area contributed by atoms with Crippen molar-refractivity contribution in [3.63, 3.8) is 0 Å². The van der Waals surface area contributed by atoms with Gasteiger partial charge in [0, 0.05) is 42.7 Å². The van der Waals surface area contributed by atoms with Crippen LogP contribution >= 0.6 is 11.6 Å². The number of pyridine rings is 1. The molecule has 0 bridgehead atoms. The summed E-state index contributed by atoms with van der Waals surface area (Å²) in [5.41, 5.74) is 2.86. The van der Waals surface area contributed by atoms with E-state index in [0.29, 0.717) is 36.6 Å². The first-order valence-corrected chi connectivity index (χ1v) is 14.8. The Morgan fingerprint density at radius 2 is 1.93 bits per heavy atom. The van der Waals surface area contributed by atoms with Crippen molar-refractivity contribution in [3.05, 3.63) is 59.4 Å². The zero-order chi connectivity index (χ0) is 28.5. The highest BCUT2D eigenvalue weighted by Gasteiger charge is 2.35. The van der Waals surface area contributed by atoms with Crippen LogP contribution in [-0.4, -0.2) is 66.5 Å². The molecule has 1 unspecified atom stereocenters. The SMILES string of the molecule is CC(C)(C)c1ccc(N(C(=O)CCl)C(C(=O)NC2CCCCC2)c2cccnc2)c(C#CCN2CCOCC2)c1. The minimum atomic E-state index is -0.929. The lowest BCUT2D eigenvalue weighted by molar-refractivity contribution is -0.126. The molecular weight excluding hydrogens is 524 g/mol. The number of amides is 2. The topological polar surface area (TPSA) is 74.8 Å². The summed E-state index contributed by atoms with van der Waals surface area (Å²) in [5.74, 6) is 5.79. The number of rotatable bonds is 7. The Kier molecular flexibility index (Phi) is 10.6. The molecule has 2 fully saturated rings. The van der Waals surface area contributed by atoms with Crippen molar-refractivity contribution in [2.45, 2.75) is 70.4 Å². The van der Waals surface area contributed by atoms with Crippen LogP contribution in [0.3, 0.4) is 0 Å². The molecule has 40 heavy (non-hydrogen) atoms. The maximum atomic E-state index is 14.0. The summed E-state index contributed by atoms with van der Waals surface area (Å²) in [6.45, 7) is 10.1. The van der Waals surface area contributed by atoms with Gasteiger partial charge in [0.1, 0.15) is 11.9 Å². The Morgan fingerprint density at radius 1 is 1.18 bits per heavy atom. The maximum absolute atomic E-state index is 14.0. The van der Waals surface area contributed by atoms with Gasteiger partial charge in [-0.1, -0.05) is 64.0 Å². The van der Waals surface area contributed by atoms with E-state index >= 15 is 0 Å². The summed E-state index contributed by atoms with van der Waals surface area (Å²) in [7, 11) is 0. The third-order valence-electron chi connectivity index (χ3n) is 7.59. The van der Waals surface area contributed by atoms with Crippen LogP contribution in [0.1, 0.15) is 75.6 Å². The number of nitrogens with zero attached hydrogens (tertiary/aromatic N) is 3. The molecule has 4 rings (SSSR count). The van der Waals surface area contributed by atoms with Gasteiger partial charge in [0.05, 0.1) is 25.4 Å². The number of anilines is 1. The van der Waals surface area contributed by atoms with Gasteiger partial charge in [0.15, 0.2) is 0 Å². The molecule has 0 radical (unpaired) electrons. The van der Waals surface area contributed by atoms with Gasteiger partial charge < -0.3 is 10.1 Å². The summed E-state index contributed by atoms with van der Waals surface area (Å²) >= 11 is 6.19. The van der Waals surface area contributed by atoms with Crippen molar-refractivity contribution in [1.29, 1.82) is 0 Å². The lowest BCUT2D eigenvalue weighted by atomic mass is 9.85. The highest BCUT2D eigenvalue weighted by atomic mass is 35.5. The fourth-order valence-electron chi connectivity index (χ4n) is 5.28. The standard InChI is InChI=1S/C32H41ClN4O3/c1-32(2,3)26-13-14-28(24(21-26)10-8-16-36-17-19-40-20-18-36)37(29(38)22-33)30(25-9-7-15-34-23-25)31(39)35-27-11-5-4-6-12-27/h7,9,13-15,21,23,27,30H,4-6,11-12,16-20,22H2,1-3H3,(H,35,39). The molecule has 2 amide bonds. The maximum Gasteiger partial charge on any atom is 0.248 e. The number of hydrogen-bond acceptors (Lipinski definition) is 5. The molecule has 8 heteroatoms. The predicted octanol–water partition coefficient (Wildman–Crippen LogP) is 4.82. The largest absolute Gasteiger partial charge is 0.379 e. The molecule has 1 saturated heterocycles. The summed E-state index contributed by atoms with van der Waals surface area (Å²) in [5, 5.41) is 3.23. The van der Waals surface area contributed by atoms with Gasteiger partial charge in [-0.2, -0.15) is 0 Å². The van der Waals surface area contributed by atoms with E-state index in [1.165, 1.54) is 11.3 Å². The van der Waals surface area contributed by atoms with Crippen LogP contribution < -0.4 is 10.2 Å². The Bertz CT molecular complexity index is 1210. The van der Waals surface area contributed by atoms with Gasteiger partial charge in [-0.3, -0.25) is 24.4 Å². The van der Waals surface area contributed by atoms with E-state index in [-0.39, 0.29) is 29.2 Å². The molecule has 2 aliphatic rings. The molecule has 214 valence electrons. The number of ether oxygens (including phenoxy) is 1. The van der Waals surface area contributed by atoms with Gasteiger partial charge in [0.2, 0.25) is 11.8 Å². The number of carbonyl (C=O) groups is 2. The van der Waals surface area contributed by atoms with Gasteiger partial charge in [-0.25, -0.2) is 0 Å². The number of aromatic nitrogens is 1. The fourth-order valence-corrected chi connectivity index (χ4v) is 5.41. The van der Waals surface area contributed by atoms with E-state index in [4.69, 9.17) is 16.3 Å². The van der Waals surface area contributed by atoms with E-state index < -0.39 is 6.04 Å². The normalized spacial score (nSPS) is 17.4. The smallest absolute Gasteiger partial charge is 0.248 e. The Morgan fingerprint density at radius 3 is 2.58 bits per heavy atom. The van der Waals surface area contributed by atoms with Crippen LogP contribution in [-0.2, 0) is 19.7 Å². The monoisotopic (exact) mass is 564 g/mol. The third-order valence-corrected chi connectivity index (χ3v) is 7.82. The minimum Gasteiger partial charge on any atom is -0.379 e. The Hall–Kier alpha value is -2.92. The molecule has 1 aliphatic heterocycles. The van der Waals surface area contributed by atoms with Crippen molar-refractivity contribution in [3.8, 4) is 11.8 Å². The first kappa shape index (κ1) is 30.0. The molecule has 2 heterocycles. The van der Waals surface area contributed by atoms with Crippen LogP contribution in [0.25, 0.3) is 0 Å². The Balaban J connectivity index is 1.78. The molecule has 1 saturated carbocycles. The number of carbonyl (C=O) groups excluding carboxylic acids is 2. The second kappa shape index (κ2) is 14.1. The molecular formula is C32H41ClN4O3. The van der Waals surface area contributed by atoms with Gasteiger partial charge in [0.25, 0.3) is 0 Å². The summed E-state index contributed by atoms with van der Waals surface area (Å²) in [6.07, 6.45) is 8.54. The van der Waals surface area contributed by atoms with Crippen molar-refractivity contribution >= 4 is 29.1 Å². The lowest BCUT2D eigenvalue weighted by Crippen LogP contribution is -2.48. The van der Waals surface area contributed by atoms with Crippen LogP contribution in [0.2, 0.25) is 0 Å². The van der Waals surface area contributed by atoms with E-state index in [2.05, 4.69) is 47.8 Å². The fraction of sp³-hybridized carbons (Fsp3) is 0.531. The van der Waals surface area contributed by atoms with Gasteiger partial charge in [-0.15, -0.1) is 11.6 Å². The van der Waals surface area contributed by atoms with Crippen molar-refractivity contribution < 1.29 is 14.3 Å². The molecule has 1 aromatic carbocycles. The van der Waals surface area contributed by atoms with Crippen molar-refractivity contribution in [2.24, 2.45) is 0 Å². The number of halogens is 1. The second-order valence-corrected chi connectivity index (χ2v) is 11.9. The van der Waals surface area contributed by atoms with E-state index in [9.17, 15) is 9.59 Å². The van der Waals surface area contributed by atoms with Crippen LogP contribution in [0, 0.1) is 11.8 Å². The lowest BCUT2D eigenvalue weighted by Gasteiger charge is -2.34. The van der Waals surface area contributed by atoms with Gasteiger partial charge >= 0.3 is 0 Å². The number of hydrogen-bond donors (Lipinski definition) is 1. The molecule has 1 aromatic heterocycles.